The first-order chi connectivity index (χ1) is 19.7. The molecular weight excluding hydrogens is 581 g/mol. The molecule has 8 nitrogen and oxygen atoms in total. The van der Waals surface area contributed by atoms with Gasteiger partial charge in [-0.05, 0) is 62.2 Å². The zero-order valence-corrected chi connectivity index (χ0v) is 26.9. The molecule has 2 aromatic carbocycles. The highest BCUT2D eigenvalue weighted by molar-refractivity contribution is 6.74. The molecule has 236 valence electrons. The van der Waals surface area contributed by atoms with Gasteiger partial charge in [-0.1, -0.05) is 63.2 Å². The van der Waals surface area contributed by atoms with Crippen LogP contribution in [0.1, 0.15) is 70.2 Å². The molecule has 1 aliphatic rings. The summed E-state index contributed by atoms with van der Waals surface area (Å²) in [6.45, 7) is 14.8. The van der Waals surface area contributed by atoms with Crippen LogP contribution in [0.25, 0.3) is 0 Å². The van der Waals surface area contributed by atoms with E-state index in [4.69, 9.17) is 13.9 Å². The van der Waals surface area contributed by atoms with Crippen LogP contribution < -0.4 is 5.32 Å². The molecule has 1 N–H and O–H groups in total. The molecule has 3 amide bonds. The largest absolute Gasteiger partial charge is 0.446 e. The number of nitrogens with zero attached hydrogens (tertiary/aromatic N) is 1. The Morgan fingerprint density at radius 3 is 2.09 bits per heavy atom. The number of cyclic esters (lactones) is 1. The lowest BCUT2D eigenvalue weighted by Gasteiger charge is -2.39. The van der Waals surface area contributed by atoms with E-state index in [0.717, 1.165) is 17.0 Å². The number of rotatable bonds is 8. The van der Waals surface area contributed by atoms with Crippen molar-refractivity contribution in [2.45, 2.75) is 89.5 Å². The van der Waals surface area contributed by atoms with Gasteiger partial charge in [0, 0.05) is 12.5 Å². The van der Waals surface area contributed by atoms with Gasteiger partial charge in [0.15, 0.2) is 8.32 Å². The number of ether oxygens (including phenoxy) is 2. The molecule has 1 saturated heterocycles. The second-order valence-electron chi connectivity index (χ2n) is 13.1. The maximum atomic E-state index is 14.3. The van der Waals surface area contributed by atoms with Gasteiger partial charge in [-0.25, -0.2) is 14.5 Å². The van der Waals surface area contributed by atoms with Crippen molar-refractivity contribution >= 4 is 26.4 Å². The molecule has 0 bridgehead atoms. The van der Waals surface area contributed by atoms with Gasteiger partial charge in [0.1, 0.15) is 24.3 Å². The van der Waals surface area contributed by atoms with E-state index in [1.165, 1.54) is 12.1 Å². The van der Waals surface area contributed by atoms with Crippen molar-refractivity contribution < 1.29 is 41.5 Å². The standard InChI is InChI=1S/C31H41F3N2O6Si/c1-29(2,3)42-27(38)35-25(26(37)36-24(19-40-28(36)39)21-12-10-9-11-13-21)23(18-41-43(7,8)30(4,5)6)20-14-16-22(17-15-20)31(32,33)34/h9-17,23-25H,18-19H2,1-8H3,(H,35,38)/t23-,24+,25-/m0/s1. The summed E-state index contributed by atoms with van der Waals surface area (Å²) in [4.78, 5) is 41.4. The van der Waals surface area contributed by atoms with Gasteiger partial charge < -0.3 is 19.2 Å². The minimum absolute atomic E-state index is 0.0981. The Hall–Kier alpha value is -3.38. The molecule has 0 unspecified atom stereocenters. The van der Waals surface area contributed by atoms with Crippen LogP contribution >= 0.6 is 0 Å². The van der Waals surface area contributed by atoms with E-state index in [2.05, 4.69) is 5.32 Å². The van der Waals surface area contributed by atoms with Crippen molar-refractivity contribution in [3.8, 4) is 0 Å². The van der Waals surface area contributed by atoms with Gasteiger partial charge in [0.05, 0.1) is 5.56 Å². The minimum Gasteiger partial charge on any atom is -0.446 e. The maximum absolute atomic E-state index is 14.3. The van der Waals surface area contributed by atoms with Crippen molar-refractivity contribution in [2.24, 2.45) is 0 Å². The smallest absolute Gasteiger partial charge is 0.417 e. The number of carbonyl (C=O) groups is 3. The number of amides is 3. The number of alkyl carbamates (subject to hydrolysis) is 1. The van der Waals surface area contributed by atoms with Crippen LogP contribution in [-0.4, -0.2) is 56.2 Å². The average molecular weight is 623 g/mol. The highest BCUT2D eigenvalue weighted by atomic mass is 28.4. The van der Waals surface area contributed by atoms with Crippen molar-refractivity contribution in [1.29, 1.82) is 0 Å². The quantitative estimate of drug-likeness (QED) is 0.308. The molecule has 0 spiro atoms. The number of carbonyl (C=O) groups excluding carboxylic acids is 3. The van der Waals surface area contributed by atoms with Crippen molar-refractivity contribution in [3.63, 3.8) is 0 Å². The third kappa shape index (κ3) is 8.59. The van der Waals surface area contributed by atoms with Crippen molar-refractivity contribution in [2.75, 3.05) is 13.2 Å². The van der Waals surface area contributed by atoms with Crippen LogP contribution in [0.4, 0.5) is 22.8 Å². The first kappa shape index (κ1) is 34.1. The molecule has 0 saturated carbocycles. The maximum Gasteiger partial charge on any atom is 0.417 e. The molecule has 0 radical (unpaired) electrons. The van der Waals surface area contributed by atoms with E-state index < -0.39 is 61.8 Å². The van der Waals surface area contributed by atoms with Crippen molar-refractivity contribution in [3.05, 3.63) is 71.3 Å². The summed E-state index contributed by atoms with van der Waals surface area (Å²) in [6.07, 6.45) is -6.40. The molecular formula is C31H41F3N2O6Si. The monoisotopic (exact) mass is 622 g/mol. The first-order valence-corrected chi connectivity index (χ1v) is 17.0. The Labute approximate surface area is 252 Å². The Balaban J connectivity index is 2.12. The fourth-order valence-corrected chi connectivity index (χ4v) is 5.35. The Morgan fingerprint density at radius 1 is 1.00 bits per heavy atom. The molecule has 0 aromatic heterocycles. The number of halogens is 3. The minimum atomic E-state index is -4.57. The Morgan fingerprint density at radius 2 is 1.58 bits per heavy atom. The molecule has 1 aliphatic heterocycles. The van der Waals surface area contributed by atoms with Crippen molar-refractivity contribution in [1.82, 2.24) is 10.2 Å². The zero-order valence-electron chi connectivity index (χ0n) is 25.9. The van der Waals surface area contributed by atoms with Crippen LogP contribution in [0.3, 0.4) is 0 Å². The summed E-state index contributed by atoms with van der Waals surface area (Å²) in [6, 6.07) is 10.9. The summed E-state index contributed by atoms with van der Waals surface area (Å²) in [5, 5.41) is 2.39. The second-order valence-corrected chi connectivity index (χ2v) is 17.9. The predicted molar refractivity (Wildman–Crippen MR) is 158 cm³/mol. The summed E-state index contributed by atoms with van der Waals surface area (Å²) in [5.41, 5.74) is -0.833. The lowest BCUT2D eigenvalue weighted by Crippen LogP contribution is -2.54. The van der Waals surface area contributed by atoms with E-state index in [0.29, 0.717) is 11.1 Å². The van der Waals surface area contributed by atoms with Crippen LogP contribution in [0.5, 0.6) is 0 Å². The van der Waals surface area contributed by atoms with Crippen LogP contribution in [0.15, 0.2) is 54.6 Å². The second kappa shape index (κ2) is 12.7. The number of benzene rings is 2. The summed E-state index contributed by atoms with van der Waals surface area (Å²) in [7, 11) is -2.45. The lowest BCUT2D eigenvalue weighted by molar-refractivity contribution is -0.137. The summed E-state index contributed by atoms with van der Waals surface area (Å²) in [5.74, 6) is -1.79. The highest BCUT2D eigenvalue weighted by Gasteiger charge is 2.46. The van der Waals surface area contributed by atoms with E-state index in [1.807, 2.05) is 33.9 Å². The topological polar surface area (TPSA) is 94.2 Å². The Bertz CT molecular complexity index is 1290. The molecule has 12 heteroatoms. The highest BCUT2D eigenvalue weighted by Crippen LogP contribution is 2.39. The number of hydrogen-bond acceptors (Lipinski definition) is 6. The van der Waals surface area contributed by atoms with Gasteiger partial charge >= 0.3 is 18.4 Å². The van der Waals surface area contributed by atoms with E-state index in [9.17, 15) is 27.6 Å². The van der Waals surface area contributed by atoms with Gasteiger partial charge in [-0.2, -0.15) is 13.2 Å². The van der Waals surface area contributed by atoms with E-state index in [1.54, 1.807) is 51.1 Å². The average Bonchev–Trinajstić information content (AvgIpc) is 3.27. The number of alkyl halides is 3. The summed E-state index contributed by atoms with van der Waals surface area (Å²) < 4.78 is 57.4. The van der Waals surface area contributed by atoms with Gasteiger partial charge in [-0.3, -0.25) is 4.79 Å². The van der Waals surface area contributed by atoms with Crippen LogP contribution in [-0.2, 0) is 24.9 Å². The first-order valence-electron chi connectivity index (χ1n) is 14.1. The van der Waals surface area contributed by atoms with Crippen LogP contribution in [0.2, 0.25) is 18.1 Å². The molecule has 2 aromatic rings. The number of hydrogen-bond donors (Lipinski definition) is 1. The molecule has 1 heterocycles. The van der Waals surface area contributed by atoms with E-state index >= 15 is 0 Å². The molecule has 3 rings (SSSR count). The molecule has 43 heavy (non-hydrogen) atoms. The normalized spacial score (nSPS) is 17.7. The van der Waals surface area contributed by atoms with Gasteiger partial charge in [-0.15, -0.1) is 0 Å². The SMILES string of the molecule is CC(C)(C)OC(=O)N[C@H](C(=O)N1C(=O)OC[C@@H]1c1ccccc1)[C@@H](CO[Si](C)(C)C(C)(C)C)c1ccc(C(F)(F)F)cc1. The fraction of sp³-hybridized carbons (Fsp3) is 0.516. The third-order valence-electron chi connectivity index (χ3n) is 7.73. The number of nitrogens with one attached hydrogen (secondary N) is 1. The third-order valence-corrected chi connectivity index (χ3v) is 12.2. The molecule has 1 fully saturated rings. The van der Waals surface area contributed by atoms with Gasteiger partial charge in [0.25, 0.3) is 5.91 Å². The van der Waals surface area contributed by atoms with Gasteiger partial charge in [0.2, 0.25) is 0 Å². The van der Waals surface area contributed by atoms with Crippen LogP contribution in [0, 0.1) is 0 Å². The number of imide groups is 1. The summed E-state index contributed by atoms with van der Waals surface area (Å²) >= 11 is 0. The Kier molecular flexibility index (Phi) is 10.1. The predicted octanol–water partition coefficient (Wildman–Crippen LogP) is 7.42. The lowest BCUT2D eigenvalue weighted by atomic mass is 9.90. The fourth-order valence-electron chi connectivity index (χ4n) is 4.32. The molecule has 0 aliphatic carbocycles. The molecule has 3 atom stereocenters. The zero-order chi connectivity index (χ0) is 32.4. The van der Waals surface area contributed by atoms with E-state index in [-0.39, 0.29) is 18.3 Å².